The van der Waals surface area contributed by atoms with Gasteiger partial charge in [0, 0.05) is 38.2 Å². The fourth-order valence-electron chi connectivity index (χ4n) is 2.68. The van der Waals surface area contributed by atoms with Crippen molar-refractivity contribution in [3.8, 4) is 17.1 Å². The second-order valence-electron chi connectivity index (χ2n) is 6.43. The number of anilines is 3. The second-order valence-corrected chi connectivity index (χ2v) is 8.72. The van der Waals surface area contributed by atoms with Crippen LogP contribution in [0.5, 0.6) is 5.88 Å². The monoisotopic (exact) mass is 431 g/mol. The lowest BCUT2D eigenvalue weighted by Gasteiger charge is -2.18. The van der Waals surface area contributed by atoms with Crippen molar-refractivity contribution in [3.05, 3.63) is 48.7 Å². The first-order valence-corrected chi connectivity index (χ1v) is 11.0. The highest BCUT2D eigenvalue weighted by Crippen LogP contribution is 2.26. The van der Waals surface area contributed by atoms with Crippen LogP contribution in [0.1, 0.15) is 6.92 Å². The number of ether oxygens (including phenoxy) is 2. The van der Waals surface area contributed by atoms with Crippen LogP contribution >= 0.6 is 0 Å². The maximum Gasteiger partial charge on any atom is 0.234 e. The quantitative estimate of drug-likeness (QED) is 0.475. The molecule has 0 bridgehead atoms. The first-order chi connectivity index (χ1) is 14.4. The third kappa shape index (κ3) is 5.28. The summed E-state index contributed by atoms with van der Waals surface area (Å²) < 4.78 is 35.8. The maximum absolute atomic E-state index is 12.0. The second kappa shape index (κ2) is 9.59. The molecular formula is C20H25N5O4S. The zero-order chi connectivity index (χ0) is 21.6. The summed E-state index contributed by atoms with van der Waals surface area (Å²) in [5.41, 5.74) is 3.09. The molecular weight excluding hydrogens is 406 g/mol. The SMILES string of the molecule is CCS(=O)(=O)N(C)c1ccc(-c2cc(Nc3ccnc(OCCOC)c3)n[nH]2)cc1. The number of aromatic nitrogens is 3. The van der Waals surface area contributed by atoms with Crippen molar-refractivity contribution in [1.82, 2.24) is 15.2 Å². The van der Waals surface area contributed by atoms with Crippen LogP contribution in [0.4, 0.5) is 17.2 Å². The Bertz CT molecular complexity index is 1070. The van der Waals surface area contributed by atoms with E-state index in [4.69, 9.17) is 9.47 Å². The fourth-order valence-corrected chi connectivity index (χ4v) is 3.51. The molecule has 30 heavy (non-hydrogen) atoms. The highest BCUT2D eigenvalue weighted by molar-refractivity contribution is 7.92. The number of hydrogen-bond acceptors (Lipinski definition) is 7. The minimum atomic E-state index is -3.29. The normalized spacial score (nSPS) is 11.3. The molecule has 0 aliphatic heterocycles. The van der Waals surface area contributed by atoms with Gasteiger partial charge in [0.05, 0.1) is 23.7 Å². The van der Waals surface area contributed by atoms with E-state index >= 15 is 0 Å². The van der Waals surface area contributed by atoms with Gasteiger partial charge >= 0.3 is 0 Å². The van der Waals surface area contributed by atoms with Gasteiger partial charge in [-0.2, -0.15) is 5.10 Å². The van der Waals surface area contributed by atoms with Crippen LogP contribution in [0.3, 0.4) is 0 Å². The number of nitrogens with one attached hydrogen (secondary N) is 2. The molecule has 10 heteroatoms. The topological polar surface area (TPSA) is 109 Å². The molecule has 0 amide bonds. The molecule has 3 aromatic rings. The third-order valence-corrected chi connectivity index (χ3v) is 6.22. The number of pyridine rings is 1. The molecule has 2 aromatic heterocycles. The number of rotatable bonds is 10. The minimum Gasteiger partial charge on any atom is -0.475 e. The zero-order valence-electron chi connectivity index (χ0n) is 17.1. The predicted molar refractivity (Wildman–Crippen MR) is 117 cm³/mol. The summed E-state index contributed by atoms with van der Waals surface area (Å²) >= 11 is 0. The van der Waals surface area contributed by atoms with Crippen LogP contribution in [0, 0.1) is 0 Å². The van der Waals surface area contributed by atoms with E-state index in [0.717, 1.165) is 16.9 Å². The Morgan fingerprint density at radius 3 is 2.60 bits per heavy atom. The first-order valence-electron chi connectivity index (χ1n) is 9.40. The van der Waals surface area contributed by atoms with E-state index in [9.17, 15) is 8.42 Å². The Morgan fingerprint density at radius 1 is 1.13 bits per heavy atom. The van der Waals surface area contributed by atoms with Crippen LogP contribution in [0.15, 0.2) is 48.7 Å². The molecule has 2 heterocycles. The van der Waals surface area contributed by atoms with Crippen LogP contribution in [0.25, 0.3) is 11.3 Å². The highest BCUT2D eigenvalue weighted by Gasteiger charge is 2.15. The van der Waals surface area contributed by atoms with Crippen LogP contribution in [-0.4, -0.2) is 56.7 Å². The van der Waals surface area contributed by atoms with Gasteiger partial charge in [-0.1, -0.05) is 12.1 Å². The summed E-state index contributed by atoms with van der Waals surface area (Å²) in [5.74, 6) is 1.18. The number of hydrogen-bond donors (Lipinski definition) is 2. The van der Waals surface area contributed by atoms with Gasteiger partial charge in [0.15, 0.2) is 5.82 Å². The number of nitrogens with zero attached hydrogens (tertiary/aromatic N) is 3. The van der Waals surface area contributed by atoms with Crippen molar-refractivity contribution in [1.29, 1.82) is 0 Å². The van der Waals surface area contributed by atoms with E-state index in [2.05, 4.69) is 20.5 Å². The molecule has 0 spiro atoms. The number of aromatic amines is 1. The van der Waals surface area contributed by atoms with Crippen molar-refractivity contribution in [2.45, 2.75) is 6.92 Å². The molecule has 9 nitrogen and oxygen atoms in total. The highest BCUT2D eigenvalue weighted by atomic mass is 32.2. The fraction of sp³-hybridized carbons (Fsp3) is 0.300. The lowest BCUT2D eigenvalue weighted by atomic mass is 10.1. The Labute approximate surface area is 176 Å². The zero-order valence-corrected chi connectivity index (χ0v) is 17.9. The summed E-state index contributed by atoms with van der Waals surface area (Å²) in [6, 6.07) is 12.7. The summed E-state index contributed by atoms with van der Waals surface area (Å²) in [4.78, 5) is 4.16. The number of benzene rings is 1. The average Bonchev–Trinajstić information content (AvgIpc) is 3.22. The molecule has 0 unspecified atom stereocenters. The molecule has 2 N–H and O–H groups in total. The molecule has 0 saturated carbocycles. The van der Waals surface area contributed by atoms with Crippen LogP contribution < -0.4 is 14.4 Å². The van der Waals surface area contributed by atoms with Gasteiger partial charge in [0.1, 0.15) is 6.61 Å². The summed E-state index contributed by atoms with van der Waals surface area (Å²) in [6.07, 6.45) is 1.65. The largest absolute Gasteiger partial charge is 0.475 e. The van der Waals surface area contributed by atoms with Gasteiger partial charge in [0.25, 0.3) is 0 Å². The Balaban J connectivity index is 1.69. The molecule has 0 atom stereocenters. The van der Waals surface area contributed by atoms with E-state index in [0.29, 0.717) is 30.6 Å². The maximum atomic E-state index is 12.0. The third-order valence-electron chi connectivity index (χ3n) is 4.45. The van der Waals surface area contributed by atoms with Crippen molar-refractivity contribution >= 4 is 27.2 Å². The molecule has 0 aliphatic rings. The Hall–Kier alpha value is -3.11. The van der Waals surface area contributed by atoms with Crippen molar-refractivity contribution in [2.24, 2.45) is 0 Å². The Morgan fingerprint density at radius 2 is 1.90 bits per heavy atom. The minimum absolute atomic E-state index is 0.0506. The smallest absolute Gasteiger partial charge is 0.234 e. The van der Waals surface area contributed by atoms with Gasteiger partial charge < -0.3 is 14.8 Å². The molecule has 0 aliphatic carbocycles. The van der Waals surface area contributed by atoms with Crippen LogP contribution in [-0.2, 0) is 14.8 Å². The summed E-state index contributed by atoms with van der Waals surface area (Å²) in [6.45, 7) is 2.53. The lowest BCUT2D eigenvalue weighted by Crippen LogP contribution is -2.27. The number of sulfonamides is 1. The number of H-pyrrole nitrogens is 1. The van der Waals surface area contributed by atoms with E-state index < -0.39 is 10.0 Å². The van der Waals surface area contributed by atoms with Gasteiger partial charge in [-0.3, -0.25) is 9.40 Å². The standard InChI is InChI=1S/C20H25N5O4S/c1-4-30(26,27)25(2)17-7-5-15(6-8-17)18-14-19(24-23-18)22-16-9-10-21-20(13-16)29-12-11-28-3/h5-10,13-14H,4,11-12H2,1-3H3,(H2,21,22,23,24). The van der Waals surface area contributed by atoms with Crippen molar-refractivity contribution < 1.29 is 17.9 Å². The molecule has 160 valence electrons. The van der Waals surface area contributed by atoms with Crippen molar-refractivity contribution in [2.75, 3.05) is 42.7 Å². The van der Waals surface area contributed by atoms with Crippen LogP contribution in [0.2, 0.25) is 0 Å². The van der Waals surface area contributed by atoms with Crippen molar-refractivity contribution in [3.63, 3.8) is 0 Å². The summed E-state index contributed by atoms with van der Waals surface area (Å²) in [7, 11) is -0.126. The number of methoxy groups -OCH3 is 1. The molecule has 0 saturated heterocycles. The Kier molecular flexibility index (Phi) is 6.91. The summed E-state index contributed by atoms with van der Waals surface area (Å²) in [5, 5.41) is 10.5. The first kappa shape index (κ1) is 21.6. The van der Waals surface area contributed by atoms with E-state index in [-0.39, 0.29) is 5.75 Å². The molecule has 1 aromatic carbocycles. The molecule has 0 radical (unpaired) electrons. The molecule has 0 fully saturated rings. The molecule has 3 rings (SSSR count). The van der Waals surface area contributed by atoms with E-state index in [1.807, 2.05) is 24.3 Å². The van der Waals surface area contributed by atoms with Gasteiger partial charge in [-0.05, 0) is 30.7 Å². The predicted octanol–water partition coefficient (Wildman–Crippen LogP) is 3.03. The van der Waals surface area contributed by atoms with Gasteiger partial charge in [0.2, 0.25) is 15.9 Å². The lowest BCUT2D eigenvalue weighted by molar-refractivity contribution is 0.144. The van der Waals surface area contributed by atoms with E-state index in [1.54, 1.807) is 45.5 Å². The average molecular weight is 432 g/mol. The van der Waals surface area contributed by atoms with Gasteiger partial charge in [-0.15, -0.1) is 0 Å². The van der Waals surface area contributed by atoms with E-state index in [1.165, 1.54) is 4.31 Å². The van der Waals surface area contributed by atoms with Gasteiger partial charge in [-0.25, -0.2) is 13.4 Å².